The zero-order valence-corrected chi connectivity index (χ0v) is 13.2. The number of carbonyl (C=O) groups is 1. The first-order chi connectivity index (χ1) is 12.6. The highest BCUT2D eigenvalue weighted by atomic mass is 19.4. The predicted octanol–water partition coefficient (Wildman–Crippen LogP) is 3.78. The van der Waals surface area contributed by atoms with Gasteiger partial charge in [0.05, 0.1) is 5.52 Å². The molecule has 1 N–H and O–H groups in total. The Kier molecular flexibility index (Phi) is 4.54. The lowest BCUT2D eigenvalue weighted by molar-refractivity contribution is -0.155. The third-order valence-electron chi connectivity index (χ3n) is 3.64. The Morgan fingerprint density at radius 1 is 1.07 bits per heavy atom. The fraction of sp³-hybridized carbons (Fsp3) is 0.188. The molecule has 0 bridgehead atoms. The number of carbonyl (C=O) groups excluding carboxylic acids is 1. The molecule has 0 aliphatic rings. The largest absolute Gasteiger partial charge is 0.450 e. The van der Waals surface area contributed by atoms with E-state index in [1.54, 1.807) is 5.32 Å². The Balaban J connectivity index is 2.03. The summed E-state index contributed by atoms with van der Waals surface area (Å²) in [5.74, 6) is -2.80. The van der Waals surface area contributed by atoms with Gasteiger partial charge in [-0.15, -0.1) is 0 Å². The molecule has 142 valence electrons. The van der Waals surface area contributed by atoms with Crippen LogP contribution in [0.25, 0.3) is 5.52 Å². The van der Waals surface area contributed by atoms with Gasteiger partial charge in [0, 0.05) is 24.2 Å². The third kappa shape index (κ3) is 3.71. The Hall–Kier alpha value is -3.11. The number of alkyl halides is 6. The van der Waals surface area contributed by atoms with Gasteiger partial charge in [0.15, 0.2) is 11.7 Å². The molecule has 1 unspecified atom stereocenters. The van der Waals surface area contributed by atoms with Gasteiger partial charge < -0.3 is 5.32 Å². The molecule has 0 saturated heterocycles. The summed E-state index contributed by atoms with van der Waals surface area (Å²) in [7, 11) is 0. The zero-order valence-electron chi connectivity index (χ0n) is 13.2. The van der Waals surface area contributed by atoms with E-state index in [0.717, 1.165) is 24.5 Å². The number of fused-ring (bicyclic) bond motifs is 1. The SMILES string of the molecule is O=C(NC(c1cccnc1)C(F)(F)F)c1nc(C(F)(F)F)n2ccccc12. The zero-order chi connectivity index (χ0) is 19.8. The van der Waals surface area contributed by atoms with E-state index >= 15 is 0 Å². The van der Waals surface area contributed by atoms with E-state index in [2.05, 4.69) is 9.97 Å². The molecule has 27 heavy (non-hydrogen) atoms. The van der Waals surface area contributed by atoms with Gasteiger partial charge >= 0.3 is 12.4 Å². The lowest BCUT2D eigenvalue weighted by atomic mass is 10.1. The summed E-state index contributed by atoms with van der Waals surface area (Å²) in [5, 5.41) is 1.70. The van der Waals surface area contributed by atoms with Gasteiger partial charge in [-0.3, -0.25) is 14.2 Å². The number of hydrogen-bond donors (Lipinski definition) is 1. The molecule has 0 aromatic carbocycles. The van der Waals surface area contributed by atoms with Crippen LogP contribution in [0.15, 0.2) is 48.9 Å². The van der Waals surface area contributed by atoms with E-state index < -0.39 is 35.8 Å². The average molecular weight is 388 g/mol. The number of hydrogen-bond acceptors (Lipinski definition) is 3. The second kappa shape index (κ2) is 6.56. The molecule has 0 saturated carbocycles. The molecule has 3 aromatic heterocycles. The molecule has 0 spiro atoms. The summed E-state index contributed by atoms with van der Waals surface area (Å²) in [5.41, 5.74) is -1.39. The van der Waals surface area contributed by atoms with Gasteiger partial charge in [0.25, 0.3) is 5.91 Å². The number of aromatic nitrogens is 3. The number of nitrogens with zero attached hydrogens (tertiary/aromatic N) is 3. The first kappa shape index (κ1) is 18.7. The molecule has 3 rings (SSSR count). The Bertz CT molecular complexity index is 964. The van der Waals surface area contributed by atoms with Crippen LogP contribution in [0.4, 0.5) is 26.3 Å². The normalized spacial score (nSPS) is 13.6. The predicted molar refractivity (Wildman–Crippen MR) is 80.7 cm³/mol. The van der Waals surface area contributed by atoms with Gasteiger partial charge in [-0.1, -0.05) is 12.1 Å². The maximum atomic E-state index is 13.3. The van der Waals surface area contributed by atoms with Crippen LogP contribution in [-0.2, 0) is 6.18 Å². The third-order valence-corrected chi connectivity index (χ3v) is 3.64. The van der Waals surface area contributed by atoms with Crippen molar-refractivity contribution in [3.05, 3.63) is 66.0 Å². The van der Waals surface area contributed by atoms with Crippen molar-refractivity contribution in [3.63, 3.8) is 0 Å². The topological polar surface area (TPSA) is 59.3 Å². The van der Waals surface area contributed by atoms with Crippen LogP contribution < -0.4 is 5.32 Å². The van der Waals surface area contributed by atoms with Crippen molar-refractivity contribution in [1.82, 2.24) is 19.7 Å². The molecule has 3 heterocycles. The number of pyridine rings is 2. The lowest BCUT2D eigenvalue weighted by Crippen LogP contribution is -2.38. The molecule has 0 fully saturated rings. The summed E-state index contributed by atoms with van der Waals surface area (Å²) in [6, 6.07) is 3.67. The first-order valence-electron chi connectivity index (χ1n) is 7.41. The van der Waals surface area contributed by atoms with Gasteiger partial charge in [-0.2, -0.15) is 26.3 Å². The Morgan fingerprint density at radius 3 is 2.41 bits per heavy atom. The molecule has 11 heteroatoms. The number of rotatable bonds is 3. The van der Waals surface area contributed by atoms with Crippen LogP contribution in [0, 0.1) is 0 Å². The van der Waals surface area contributed by atoms with Crippen LogP contribution in [-0.4, -0.2) is 26.5 Å². The van der Waals surface area contributed by atoms with Crippen molar-refractivity contribution in [2.24, 2.45) is 0 Å². The maximum absolute atomic E-state index is 13.3. The molecule has 5 nitrogen and oxygen atoms in total. The maximum Gasteiger partial charge on any atom is 0.450 e. The van der Waals surface area contributed by atoms with E-state index in [1.807, 2.05) is 0 Å². The standard InChI is InChI=1S/C16H10F6N4O/c17-15(18,19)12(9-4-3-6-23-8-9)25-13(27)11-10-5-1-2-7-26(10)14(24-11)16(20,21)22/h1-8,12H,(H,25,27). The summed E-state index contributed by atoms with van der Waals surface area (Å²) < 4.78 is 79.9. The van der Waals surface area contributed by atoms with Gasteiger partial charge in [0.1, 0.15) is 0 Å². The number of nitrogens with one attached hydrogen (secondary N) is 1. The van der Waals surface area contributed by atoms with Crippen LogP contribution in [0.5, 0.6) is 0 Å². The highest BCUT2D eigenvalue weighted by Crippen LogP contribution is 2.34. The average Bonchev–Trinajstić information content (AvgIpc) is 2.99. The minimum absolute atomic E-state index is 0.269. The summed E-state index contributed by atoms with van der Waals surface area (Å²) in [6.07, 6.45) is -6.61. The van der Waals surface area contributed by atoms with Gasteiger partial charge in [0.2, 0.25) is 5.82 Å². The number of halogens is 6. The van der Waals surface area contributed by atoms with Gasteiger partial charge in [-0.05, 0) is 18.2 Å². The molecule has 0 aliphatic carbocycles. The smallest absolute Gasteiger partial charge is 0.335 e. The summed E-state index contributed by atoms with van der Waals surface area (Å²) >= 11 is 0. The van der Waals surface area contributed by atoms with Crippen LogP contribution in [0.1, 0.15) is 27.9 Å². The van der Waals surface area contributed by atoms with E-state index in [9.17, 15) is 31.1 Å². The summed E-state index contributed by atoms with van der Waals surface area (Å²) in [6.45, 7) is 0. The van der Waals surface area contributed by atoms with Crippen LogP contribution >= 0.6 is 0 Å². The molecule has 3 aromatic rings. The minimum Gasteiger partial charge on any atom is -0.335 e. The Labute approximate surface area is 147 Å². The van der Waals surface area contributed by atoms with Crippen molar-refractivity contribution in [2.45, 2.75) is 18.4 Å². The highest BCUT2D eigenvalue weighted by molar-refractivity contribution is 5.99. The highest BCUT2D eigenvalue weighted by Gasteiger charge is 2.43. The minimum atomic E-state index is -4.89. The monoisotopic (exact) mass is 388 g/mol. The van der Waals surface area contributed by atoms with E-state index in [1.165, 1.54) is 24.4 Å². The first-order valence-corrected chi connectivity index (χ1v) is 7.41. The molecular weight excluding hydrogens is 378 g/mol. The molecule has 1 amide bonds. The van der Waals surface area contributed by atoms with Gasteiger partial charge in [-0.25, -0.2) is 4.98 Å². The fourth-order valence-corrected chi connectivity index (χ4v) is 2.51. The van der Waals surface area contributed by atoms with E-state index in [4.69, 9.17) is 0 Å². The van der Waals surface area contributed by atoms with Crippen molar-refractivity contribution in [1.29, 1.82) is 0 Å². The van der Waals surface area contributed by atoms with Crippen molar-refractivity contribution in [3.8, 4) is 0 Å². The van der Waals surface area contributed by atoms with Crippen molar-refractivity contribution < 1.29 is 31.1 Å². The second-order valence-corrected chi connectivity index (χ2v) is 5.47. The van der Waals surface area contributed by atoms with Crippen molar-refractivity contribution in [2.75, 3.05) is 0 Å². The fourth-order valence-electron chi connectivity index (χ4n) is 2.51. The number of amides is 1. The second-order valence-electron chi connectivity index (χ2n) is 5.47. The van der Waals surface area contributed by atoms with E-state index in [-0.39, 0.29) is 11.1 Å². The van der Waals surface area contributed by atoms with Crippen LogP contribution in [0.2, 0.25) is 0 Å². The van der Waals surface area contributed by atoms with Crippen LogP contribution in [0.3, 0.4) is 0 Å². The number of imidazole rings is 1. The van der Waals surface area contributed by atoms with E-state index in [0.29, 0.717) is 4.40 Å². The quantitative estimate of drug-likeness (QED) is 0.695. The molecular formula is C16H10F6N4O. The summed E-state index contributed by atoms with van der Waals surface area (Å²) in [4.78, 5) is 19.2. The van der Waals surface area contributed by atoms with Crippen molar-refractivity contribution >= 4 is 11.4 Å². The molecule has 1 atom stereocenters. The lowest BCUT2D eigenvalue weighted by Gasteiger charge is -2.21. The Morgan fingerprint density at radius 2 is 1.81 bits per heavy atom. The molecule has 0 radical (unpaired) electrons. The molecule has 0 aliphatic heterocycles.